The van der Waals surface area contributed by atoms with Crippen LogP contribution in [0.5, 0.6) is 0 Å². The van der Waals surface area contributed by atoms with Crippen molar-refractivity contribution >= 4 is 41.1 Å². The highest BCUT2D eigenvalue weighted by atomic mass is 35.5. The molecule has 0 amide bonds. The summed E-state index contributed by atoms with van der Waals surface area (Å²) >= 11 is 17.2. The molecule has 1 aliphatic rings. The number of aromatic nitrogens is 1. The van der Waals surface area contributed by atoms with Crippen molar-refractivity contribution in [2.24, 2.45) is 0 Å². The Kier molecular flexibility index (Phi) is 6.05. The first-order valence-electron chi connectivity index (χ1n) is 8.36. The number of anilines is 1. The van der Waals surface area contributed by atoms with Crippen LogP contribution in [-0.4, -0.2) is 35.6 Å². The van der Waals surface area contributed by atoms with Crippen molar-refractivity contribution in [1.29, 1.82) is 0 Å². The second-order valence-corrected chi connectivity index (χ2v) is 7.76. The van der Waals surface area contributed by atoms with Gasteiger partial charge in [-0.1, -0.05) is 41.5 Å². The summed E-state index contributed by atoms with van der Waals surface area (Å²) in [7, 11) is 0. The van der Waals surface area contributed by atoms with Crippen LogP contribution in [0.1, 0.15) is 11.1 Å². The summed E-state index contributed by atoms with van der Waals surface area (Å²) in [4.78, 5) is 4.29. The molecule has 9 heteroatoms. The van der Waals surface area contributed by atoms with Crippen LogP contribution in [0, 0.1) is 11.6 Å². The van der Waals surface area contributed by atoms with Gasteiger partial charge in [0.25, 0.3) is 0 Å². The van der Waals surface area contributed by atoms with E-state index in [2.05, 4.69) is 9.80 Å². The molecule has 0 spiro atoms. The minimum Gasteiger partial charge on any atom is -0.369 e. The normalized spacial score (nSPS) is 16.0. The number of aryl methyl sites for hydroxylation is 1. The van der Waals surface area contributed by atoms with E-state index in [1.54, 1.807) is 0 Å². The Labute approximate surface area is 170 Å². The lowest BCUT2D eigenvalue weighted by Gasteiger charge is -2.37. The first-order valence-corrected chi connectivity index (χ1v) is 9.52. The lowest BCUT2D eigenvalue weighted by atomic mass is 10.1. The summed E-state index contributed by atoms with van der Waals surface area (Å²) in [5, 5.41) is 0.621. The number of nitrogens with zero attached hydrogens (tertiary/aromatic N) is 3. The summed E-state index contributed by atoms with van der Waals surface area (Å²) in [6.45, 7) is 5.19. The molecule has 27 heavy (non-hydrogen) atoms. The van der Waals surface area contributed by atoms with E-state index in [4.69, 9.17) is 35.4 Å². The number of alkyl halides is 3. The van der Waals surface area contributed by atoms with Crippen molar-refractivity contribution in [1.82, 2.24) is 9.47 Å². The molecule has 1 aromatic heterocycles. The fraction of sp³-hybridized carbons (Fsp3) is 0.389. The highest BCUT2D eigenvalue weighted by Crippen LogP contribution is 2.31. The average molecular weight is 436 g/mol. The van der Waals surface area contributed by atoms with Gasteiger partial charge in [-0.25, -0.2) is 0 Å². The maximum Gasteiger partial charge on any atom is 0.417 e. The molecule has 0 N–H and O–H groups in total. The van der Waals surface area contributed by atoms with Gasteiger partial charge in [-0.15, -0.1) is 0 Å². The summed E-state index contributed by atoms with van der Waals surface area (Å²) in [5.41, 5.74) is 1.43. The minimum atomic E-state index is -4.46. The Bertz CT molecular complexity index is 890. The molecule has 1 aliphatic heterocycles. The first-order chi connectivity index (χ1) is 12.6. The molecule has 146 valence electrons. The number of rotatable bonds is 3. The van der Waals surface area contributed by atoms with Gasteiger partial charge >= 0.3 is 6.18 Å². The van der Waals surface area contributed by atoms with Crippen LogP contribution in [0.3, 0.4) is 0 Å². The van der Waals surface area contributed by atoms with E-state index in [9.17, 15) is 13.2 Å². The second-order valence-electron chi connectivity index (χ2n) is 6.53. The zero-order valence-electron chi connectivity index (χ0n) is 14.6. The van der Waals surface area contributed by atoms with E-state index in [0.29, 0.717) is 18.1 Å². The van der Waals surface area contributed by atoms with Crippen molar-refractivity contribution in [2.75, 3.05) is 31.1 Å². The molecule has 2 aromatic rings. The third kappa shape index (κ3) is 4.77. The fourth-order valence-corrected chi connectivity index (χ4v) is 3.69. The van der Waals surface area contributed by atoms with Crippen molar-refractivity contribution in [2.45, 2.75) is 19.8 Å². The van der Waals surface area contributed by atoms with Gasteiger partial charge in [-0.05, 0) is 30.7 Å². The maximum absolute atomic E-state index is 13.0. The third-order valence-electron chi connectivity index (χ3n) is 4.61. The van der Waals surface area contributed by atoms with Crippen LogP contribution in [0.25, 0.3) is 0 Å². The van der Waals surface area contributed by atoms with E-state index in [1.807, 2.05) is 25.1 Å². The largest absolute Gasteiger partial charge is 0.417 e. The number of benzene rings is 1. The lowest BCUT2D eigenvalue weighted by Crippen LogP contribution is -2.47. The van der Waals surface area contributed by atoms with E-state index >= 15 is 0 Å². The van der Waals surface area contributed by atoms with Gasteiger partial charge in [-0.3, -0.25) is 4.90 Å². The standard InChI is InChI=1S/C18H18Cl2F3N3S/c1-12-2-3-14(19)9-16(12)25-6-4-24(5-7-25)11-26-10-13(18(21,22)23)8-15(20)17(26)27/h2-3,8-10H,4-7,11H2,1H3. The van der Waals surface area contributed by atoms with Crippen LogP contribution in [0.2, 0.25) is 10.0 Å². The van der Waals surface area contributed by atoms with E-state index in [1.165, 1.54) is 4.57 Å². The van der Waals surface area contributed by atoms with Crippen LogP contribution in [-0.2, 0) is 12.8 Å². The van der Waals surface area contributed by atoms with Crippen LogP contribution in [0.15, 0.2) is 30.5 Å². The molecule has 0 unspecified atom stereocenters. The number of pyridine rings is 1. The summed E-state index contributed by atoms with van der Waals surface area (Å²) in [5.74, 6) is 0. The second kappa shape index (κ2) is 7.99. The van der Waals surface area contributed by atoms with Gasteiger partial charge in [0.1, 0.15) is 4.64 Å². The van der Waals surface area contributed by atoms with Crippen LogP contribution in [0.4, 0.5) is 18.9 Å². The summed E-state index contributed by atoms with van der Waals surface area (Å²) < 4.78 is 40.7. The van der Waals surface area contributed by atoms with Crippen LogP contribution >= 0.6 is 35.4 Å². The molecule has 0 bridgehead atoms. The van der Waals surface area contributed by atoms with Crippen LogP contribution < -0.4 is 4.90 Å². The van der Waals surface area contributed by atoms with Gasteiger partial charge < -0.3 is 9.47 Å². The molecule has 0 saturated carbocycles. The van der Waals surface area contributed by atoms with Crippen molar-refractivity contribution < 1.29 is 13.2 Å². The number of piperazine rings is 1. The molecule has 3 rings (SSSR count). The Morgan fingerprint density at radius 3 is 2.37 bits per heavy atom. The number of halogens is 5. The first kappa shape index (κ1) is 20.5. The highest BCUT2D eigenvalue weighted by molar-refractivity contribution is 7.71. The van der Waals surface area contributed by atoms with Gasteiger partial charge in [0, 0.05) is 43.1 Å². The third-order valence-corrected chi connectivity index (χ3v) is 5.70. The number of hydrogen-bond acceptors (Lipinski definition) is 3. The maximum atomic E-state index is 13.0. The Balaban J connectivity index is 1.72. The van der Waals surface area contributed by atoms with Gasteiger partial charge in [0.05, 0.1) is 17.3 Å². The van der Waals surface area contributed by atoms with Gasteiger partial charge in [0.15, 0.2) is 0 Å². The molecule has 3 nitrogen and oxygen atoms in total. The smallest absolute Gasteiger partial charge is 0.369 e. The lowest BCUT2D eigenvalue weighted by molar-refractivity contribution is -0.138. The molecule has 0 atom stereocenters. The van der Waals surface area contributed by atoms with E-state index in [0.717, 1.165) is 36.6 Å². The predicted octanol–water partition coefficient (Wildman–Crippen LogP) is 5.63. The molecule has 1 fully saturated rings. The Hall–Kier alpha value is -1.28. The summed E-state index contributed by atoms with van der Waals surface area (Å²) in [6, 6.07) is 6.65. The minimum absolute atomic E-state index is 0.0620. The van der Waals surface area contributed by atoms with Crippen molar-refractivity contribution in [3.8, 4) is 0 Å². The topological polar surface area (TPSA) is 11.4 Å². The molecular formula is C18H18Cl2F3N3S. The molecule has 1 saturated heterocycles. The average Bonchev–Trinajstić information content (AvgIpc) is 2.60. The SMILES string of the molecule is Cc1ccc(Cl)cc1N1CCN(Cn2cc(C(F)(F)F)cc(Cl)c2=S)CC1. The molecule has 0 aliphatic carbocycles. The van der Waals surface area contributed by atoms with Crippen molar-refractivity contribution in [3.63, 3.8) is 0 Å². The predicted molar refractivity (Wildman–Crippen MR) is 105 cm³/mol. The molecule has 2 heterocycles. The van der Waals surface area contributed by atoms with Gasteiger partial charge in [0.2, 0.25) is 0 Å². The molecule has 1 aromatic carbocycles. The van der Waals surface area contributed by atoms with Crippen molar-refractivity contribution in [3.05, 3.63) is 56.3 Å². The number of hydrogen-bond donors (Lipinski definition) is 0. The zero-order chi connectivity index (χ0) is 19.8. The van der Waals surface area contributed by atoms with E-state index < -0.39 is 11.7 Å². The Morgan fingerprint density at radius 1 is 1.07 bits per heavy atom. The molecule has 0 radical (unpaired) electrons. The Morgan fingerprint density at radius 2 is 1.74 bits per heavy atom. The van der Waals surface area contributed by atoms with E-state index in [-0.39, 0.29) is 16.3 Å². The fourth-order valence-electron chi connectivity index (χ4n) is 3.13. The molecular weight excluding hydrogens is 418 g/mol. The summed E-state index contributed by atoms with van der Waals surface area (Å²) in [6.07, 6.45) is -3.43. The quantitative estimate of drug-likeness (QED) is 0.579. The zero-order valence-corrected chi connectivity index (χ0v) is 16.9. The monoisotopic (exact) mass is 435 g/mol. The van der Waals surface area contributed by atoms with Gasteiger partial charge in [-0.2, -0.15) is 13.2 Å². The highest BCUT2D eigenvalue weighted by Gasteiger charge is 2.32.